The Labute approximate surface area is 171 Å². The largest absolute Gasteiger partial charge is 0.493 e. The van der Waals surface area contributed by atoms with Gasteiger partial charge in [0.1, 0.15) is 6.33 Å². The van der Waals surface area contributed by atoms with E-state index < -0.39 is 0 Å². The molecule has 1 N–H and O–H groups in total. The first kappa shape index (κ1) is 18.6. The molecule has 0 saturated carbocycles. The van der Waals surface area contributed by atoms with Gasteiger partial charge in [-0.05, 0) is 36.2 Å². The lowest BCUT2D eigenvalue weighted by Gasteiger charge is -2.32. The van der Waals surface area contributed by atoms with Crippen LogP contribution in [-0.2, 0) is 0 Å². The molecule has 4 rings (SSSR count). The monoisotopic (exact) mass is 444 g/mol. The molecule has 146 valence electrons. The summed E-state index contributed by atoms with van der Waals surface area (Å²) in [5, 5.41) is 7.92. The molecule has 1 aliphatic rings. The van der Waals surface area contributed by atoms with Crippen LogP contribution in [0.15, 0.2) is 47.2 Å². The van der Waals surface area contributed by atoms with Crippen molar-refractivity contribution >= 4 is 21.9 Å². The predicted octanol–water partition coefficient (Wildman–Crippen LogP) is 4.21. The number of nitrogens with one attached hydrogen (secondary N) is 1. The second kappa shape index (κ2) is 7.71. The highest BCUT2D eigenvalue weighted by atomic mass is 79.9. The van der Waals surface area contributed by atoms with Gasteiger partial charge in [-0.15, -0.1) is 0 Å². The van der Waals surface area contributed by atoms with Crippen LogP contribution in [0.1, 0.15) is 29.6 Å². The van der Waals surface area contributed by atoms with Gasteiger partial charge in [0.25, 0.3) is 0 Å². The van der Waals surface area contributed by atoms with E-state index in [1.807, 2.05) is 28.9 Å². The van der Waals surface area contributed by atoms with Crippen LogP contribution in [0.5, 0.6) is 17.2 Å². The molecule has 1 aliphatic heterocycles. The highest BCUT2D eigenvalue weighted by molar-refractivity contribution is 9.10. The fourth-order valence-electron chi connectivity index (χ4n) is 3.71. The van der Waals surface area contributed by atoms with Gasteiger partial charge in [-0.25, -0.2) is 4.68 Å². The van der Waals surface area contributed by atoms with E-state index in [1.165, 1.54) is 5.56 Å². The van der Waals surface area contributed by atoms with Gasteiger partial charge in [-0.3, -0.25) is 0 Å². The maximum Gasteiger partial charge on any atom is 0.222 e. The first-order valence-electron chi connectivity index (χ1n) is 8.86. The first-order chi connectivity index (χ1) is 13.7. The Balaban J connectivity index is 1.81. The van der Waals surface area contributed by atoms with Crippen LogP contribution in [-0.4, -0.2) is 36.1 Å². The van der Waals surface area contributed by atoms with Gasteiger partial charge in [-0.2, -0.15) is 10.1 Å². The average Bonchev–Trinajstić information content (AvgIpc) is 3.20. The standard InChI is InChI=1S/C20H21BrN4O3/c1-26-17-8-7-14(18(27-2)19(17)28-3)16-10-15(12-5-4-6-13(21)9-12)24-20-22-11-23-25(16)20/h4-9,11,15-16H,10H2,1-3H3,(H,22,23,24)/t15-,16+/m0/s1. The van der Waals surface area contributed by atoms with E-state index in [4.69, 9.17) is 14.2 Å². The van der Waals surface area contributed by atoms with E-state index in [2.05, 4.69) is 43.5 Å². The average molecular weight is 445 g/mol. The van der Waals surface area contributed by atoms with Gasteiger partial charge in [0.05, 0.1) is 33.4 Å². The second-order valence-electron chi connectivity index (χ2n) is 6.46. The van der Waals surface area contributed by atoms with Crippen LogP contribution < -0.4 is 19.5 Å². The van der Waals surface area contributed by atoms with Crippen LogP contribution >= 0.6 is 15.9 Å². The molecule has 2 atom stereocenters. The molecule has 0 fully saturated rings. The zero-order chi connectivity index (χ0) is 19.7. The van der Waals surface area contributed by atoms with Crippen molar-refractivity contribution in [2.45, 2.75) is 18.5 Å². The van der Waals surface area contributed by atoms with Gasteiger partial charge in [0, 0.05) is 10.0 Å². The molecule has 0 radical (unpaired) electrons. The lowest BCUT2D eigenvalue weighted by molar-refractivity contribution is 0.315. The third-order valence-corrected chi connectivity index (χ3v) is 5.47. The summed E-state index contributed by atoms with van der Waals surface area (Å²) in [4.78, 5) is 4.39. The van der Waals surface area contributed by atoms with Gasteiger partial charge in [0.2, 0.25) is 11.7 Å². The Morgan fingerprint density at radius 2 is 1.89 bits per heavy atom. The molecular weight excluding hydrogens is 424 g/mol. The Kier molecular flexibility index (Phi) is 5.13. The molecular formula is C20H21BrN4O3. The van der Waals surface area contributed by atoms with Crippen molar-refractivity contribution in [2.24, 2.45) is 0 Å². The molecule has 2 heterocycles. The summed E-state index contributed by atoms with van der Waals surface area (Å²) < 4.78 is 19.6. The van der Waals surface area contributed by atoms with Crippen LogP contribution in [0.25, 0.3) is 0 Å². The van der Waals surface area contributed by atoms with Crippen LogP contribution in [0.2, 0.25) is 0 Å². The van der Waals surface area contributed by atoms with Crippen molar-refractivity contribution < 1.29 is 14.2 Å². The molecule has 0 aliphatic carbocycles. The third-order valence-electron chi connectivity index (χ3n) is 4.98. The van der Waals surface area contributed by atoms with Crippen molar-refractivity contribution in [1.82, 2.24) is 14.8 Å². The number of benzene rings is 2. The summed E-state index contributed by atoms with van der Waals surface area (Å²) in [6.07, 6.45) is 2.34. The fraction of sp³-hybridized carbons (Fsp3) is 0.300. The number of hydrogen-bond acceptors (Lipinski definition) is 6. The molecule has 8 heteroatoms. The number of nitrogens with zero attached hydrogens (tertiary/aromatic N) is 3. The van der Waals surface area contributed by atoms with Gasteiger partial charge < -0.3 is 19.5 Å². The van der Waals surface area contributed by atoms with Crippen LogP contribution in [0, 0.1) is 0 Å². The molecule has 0 bridgehead atoms. The molecule has 0 amide bonds. The number of anilines is 1. The summed E-state index contributed by atoms with van der Waals surface area (Å²) in [6.45, 7) is 0. The van der Waals surface area contributed by atoms with Crippen LogP contribution in [0.3, 0.4) is 0 Å². The number of aromatic nitrogens is 3. The quantitative estimate of drug-likeness (QED) is 0.635. The molecule has 3 aromatic rings. The lowest BCUT2D eigenvalue weighted by Crippen LogP contribution is -2.28. The number of ether oxygens (including phenoxy) is 3. The number of fused-ring (bicyclic) bond motifs is 1. The molecule has 2 aromatic carbocycles. The van der Waals surface area contributed by atoms with Crippen molar-refractivity contribution in [3.8, 4) is 17.2 Å². The number of rotatable bonds is 5. The molecule has 0 saturated heterocycles. The molecule has 0 spiro atoms. The normalized spacial score (nSPS) is 18.1. The summed E-state index contributed by atoms with van der Waals surface area (Å²) in [6, 6.07) is 12.2. The maximum atomic E-state index is 5.72. The predicted molar refractivity (Wildman–Crippen MR) is 109 cm³/mol. The van der Waals surface area contributed by atoms with Crippen molar-refractivity contribution in [3.05, 3.63) is 58.3 Å². The van der Waals surface area contributed by atoms with Crippen molar-refractivity contribution in [1.29, 1.82) is 0 Å². The second-order valence-corrected chi connectivity index (χ2v) is 7.37. The van der Waals surface area contributed by atoms with E-state index in [0.717, 1.165) is 22.4 Å². The minimum Gasteiger partial charge on any atom is -0.493 e. The molecule has 1 aromatic heterocycles. The van der Waals surface area contributed by atoms with Gasteiger partial charge in [0.15, 0.2) is 11.5 Å². The van der Waals surface area contributed by atoms with Gasteiger partial charge in [-0.1, -0.05) is 28.1 Å². The lowest BCUT2D eigenvalue weighted by atomic mass is 9.92. The number of methoxy groups -OCH3 is 3. The Morgan fingerprint density at radius 3 is 2.61 bits per heavy atom. The minimum atomic E-state index is -0.0718. The number of hydrogen-bond donors (Lipinski definition) is 1. The van der Waals surface area contributed by atoms with Crippen molar-refractivity contribution in [3.63, 3.8) is 0 Å². The molecule has 7 nitrogen and oxygen atoms in total. The van der Waals surface area contributed by atoms with E-state index in [0.29, 0.717) is 17.2 Å². The zero-order valence-electron chi connectivity index (χ0n) is 15.8. The molecule has 28 heavy (non-hydrogen) atoms. The van der Waals surface area contributed by atoms with Crippen LogP contribution in [0.4, 0.5) is 5.95 Å². The highest BCUT2D eigenvalue weighted by Gasteiger charge is 2.33. The Bertz CT molecular complexity index is 991. The first-order valence-corrected chi connectivity index (χ1v) is 9.66. The van der Waals surface area contributed by atoms with E-state index in [1.54, 1.807) is 27.7 Å². The van der Waals surface area contributed by atoms with Crippen molar-refractivity contribution in [2.75, 3.05) is 26.6 Å². The molecule has 0 unspecified atom stereocenters. The SMILES string of the molecule is COc1ccc([C@H]2C[C@@H](c3cccc(Br)c3)Nc3ncnn32)c(OC)c1OC. The zero-order valence-corrected chi connectivity index (χ0v) is 17.4. The summed E-state index contributed by atoms with van der Waals surface area (Å²) >= 11 is 3.56. The fourth-order valence-corrected chi connectivity index (χ4v) is 4.12. The Morgan fingerprint density at radius 1 is 1.07 bits per heavy atom. The van der Waals surface area contributed by atoms with E-state index in [-0.39, 0.29) is 12.1 Å². The van der Waals surface area contributed by atoms with Gasteiger partial charge >= 0.3 is 0 Å². The highest BCUT2D eigenvalue weighted by Crippen LogP contribution is 2.46. The number of halogens is 1. The van der Waals surface area contributed by atoms with E-state index in [9.17, 15) is 0 Å². The maximum absolute atomic E-state index is 5.72. The summed E-state index contributed by atoms with van der Waals surface area (Å²) in [5.74, 6) is 2.56. The Hall–Kier alpha value is -2.74. The summed E-state index contributed by atoms with van der Waals surface area (Å²) in [7, 11) is 4.86. The summed E-state index contributed by atoms with van der Waals surface area (Å²) in [5.41, 5.74) is 2.14. The third kappa shape index (κ3) is 3.17. The smallest absolute Gasteiger partial charge is 0.222 e. The topological polar surface area (TPSA) is 70.4 Å². The van der Waals surface area contributed by atoms with E-state index >= 15 is 0 Å². The minimum absolute atomic E-state index is 0.0718.